The molecule has 9 nitrogen and oxygen atoms in total. The number of benzene rings is 1. The number of carbonyl (C=O) groups is 2. The first-order valence-corrected chi connectivity index (χ1v) is 11.3. The number of urea groups is 1. The van der Waals surface area contributed by atoms with Gasteiger partial charge in [-0.1, -0.05) is 0 Å². The van der Waals surface area contributed by atoms with Crippen molar-refractivity contribution in [3.63, 3.8) is 0 Å². The molecule has 3 amide bonds. The van der Waals surface area contributed by atoms with E-state index >= 15 is 0 Å². The molecule has 2 aliphatic rings. The van der Waals surface area contributed by atoms with Crippen molar-refractivity contribution in [3.05, 3.63) is 48.8 Å². The fourth-order valence-corrected chi connectivity index (χ4v) is 5.02. The summed E-state index contributed by atoms with van der Waals surface area (Å²) in [6.45, 7) is 1.76. The van der Waals surface area contributed by atoms with Gasteiger partial charge in [-0.2, -0.15) is 4.31 Å². The first-order chi connectivity index (χ1) is 14.4. The van der Waals surface area contributed by atoms with Gasteiger partial charge in [0, 0.05) is 62.9 Å². The summed E-state index contributed by atoms with van der Waals surface area (Å²) in [7, 11) is -3.61. The minimum Gasteiger partial charge on any atom is -0.322 e. The Morgan fingerprint density at radius 2 is 1.73 bits per heavy atom. The highest BCUT2D eigenvalue weighted by atomic mass is 32.2. The summed E-state index contributed by atoms with van der Waals surface area (Å²) in [6.07, 6.45) is 4.28. The molecule has 0 bridgehead atoms. The maximum atomic E-state index is 12.7. The van der Waals surface area contributed by atoms with E-state index in [1.807, 2.05) is 12.1 Å². The number of aromatic nitrogens is 1. The quantitative estimate of drug-likeness (QED) is 0.798. The van der Waals surface area contributed by atoms with Crippen molar-refractivity contribution in [2.45, 2.75) is 17.7 Å². The largest absolute Gasteiger partial charge is 0.322 e. The van der Waals surface area contributed by atoms with Crippen LogP contribution in [0.2, 0.25) is 0 Å². The molecule has 10 heteroatoms. The molecule has 2 aliphatic heterocycles. The predicted molar refractivity (Wildman–Crippen MR) is 112 cm³/mol. The van der Waals surface area contributed by atoms with Crippen LogP contribution in [0.25, 0.3) is 0 Å². The minimum absolute atomic E-state index is 0.117. The van der Waals surface area contributed by atoms with Crippen LogP contribution in [0, 0.1) is 0 Å². The average Bonchev–Trinajstić information content (AvgIpc) is 3.21. The Morgan fingerprint density at radius 3 is 2.33 bits per heavy atom. The van der Waals surface area contributed by atoms with Crippen LogP contribution in [0.1, 0.15) is 12.8 Å². The van der Waals surface area contributed by atoms with Crippen LogP contribution in [0.5, 0.6) is 0 Å². The second-order valence-electron chi connectivity index (χ2n) is 7.21. The number of nitrogens with zero attached hydrogens (tertiary/aromatic N) is 4. The average molecular weight is 430 g/mol. The second kappa shape index (κ2) is 8.41. The molecule has 0 spiro atoms. The van der Waals surface area contributed by atoms with E-state index in [0.29, 0.717) is 25.2 Å². The molecule has 2 saturated heterocycles. The Kier molecular flexibility index (Phi) is 5.69. The molecule has 158 valence electrons. The summed E-state index contributed by atoms with van der Waals surface area (Å²) in [5, 5.41) is 2.83. The number of rotatable bonds is 4. The zero-order chi connectivity index (χ0) is 21.1. The smallest absolute Gasteiger partial charge is 0.321 e. The number of sulfonamides is 1. The Balaban J connectivity index is 1.33. The molecule has 30 heavy (non-hydrogen) atoms. The zero-order valence-electron chi connectivity index (χ0n) is 16.4. The molecule has 1 N–H and O–H groups in total. The highest BCUT2D eigenvalue weighted by molar-refractivity contribution is 7.89. The van der Waals surface area contributed by atoms with Gasteiger partial charge in [0.1, 0.15) is 4.90 Å². The number of piperazine rings is 1. The van der Waals surface area contributed by atoms with Gasteiger partial charge in [0.2, 0.25) is 15.9 Å². The number of carbonyl (C=O) groups excluding carboxylic acids is 2. The molecule has 1 aromatic heterocycles. The Hall–Kier alpha value is -2.98. The fourth-order valence-electron chi connectivity index (χ4n) is 3.63. The molecule has 3 heterocycles. The van der Waals surface area contributed by atoms with Crippen molar-refractivity contribution in [1.29, 1.82) is 0 Å². The summed E-state index contributed by atoms with van der Waals surface area (Å²) < 4.78 is 26.7. The van der Waals surface area contributed by atoms with Crippen molar-refractivity contribution in [2.75, 3.05) is 42.9 Å². The SMILES string of the molecule is O=C(Nc1ccc(N2CCCC2=O)cc1)N1CCN(S(=O)(=O)c2cccnc2)CC1. The standard InChI is InChI=1S/C20H23N5O4S/c26-19-4-2-10-25(19)17-7-5-16(6-8-17)22-20(27)23-11-13-24(14-12-23)30(28,29)18-3-1-9-21-15-18/h1,3,5-9,15H,2,4,10-14H2,(H,22,27). The van der Waals surface area contributed by atoms with Crippen molar-refractivity contribution < 1.29 is 18.0 Å². The summed E-state index contributed by atoms with van der Waals surface area (Å²) in [4.78, 5) is 31.7. The number of anilines is 2. The highest BCUT2D eigenvalue weighted by Crippen LogP contribution is 2.23. The van der Waals surface area contributed by atoms with Crippen LogP contribution in [-0.2, 0) is 14.8 Å². The van der Waals surface area contributed by atoms with Crippen molar-refractivity contribution in [1.82, 2.24) is 14.2 Å². The van der Waals surface area contributed by atoms with Crippen molar-refractivity contribution in [3.8, 4) is 0 Å². The number of pyridine rings is 1. The lowest BCUT2D eigenvalue weighted by Crippen LogP contribution is -2.51. The van der Waals surface area contributed by atoms with Gasteiger partial charge < -0.3 is 15.1 Å². The van der Waals surface area contributed by atoms with Gasteiger partial charge in [0.15, 0.2) is 0 Å². The Bertz CT molecular complexity index is 1020. The highest BCUT2D eigenvalue weighted by Gasteiger charge is 2.30. The van der Waals surface area contributed by atoms with E-state index in [1.54, 1.807) is 28.0 Å². The first-order valence-electron chi connectivity index (χ1n) is 9.82. The number of hydrogen-bond acceptors (Lipinski definition) is 5. The second-order valence-corrected chi connectivity index (χ2v) is 9.14. The van der Waals surface area contributed by atoms with Crippen molar-refractivity contribution in [2.24, 2.45) is 0 Å². The third-order valence-corrected chi connectivity index (χ3v) is 7.18. The van der Waals surface area contributed by atoms with Crippen LogP contribution in [0.3, 0.4) is 0 Å². The van der Waals surface area contributed by atoms with Crippen LogP contribution < -0.4 is 10.2 Å². The van der Waals surface area contributed by atoms with E-state index in [-0.39, 0.29) is 29.9 Å². The van der Waals surface area contributed by atoms with Gasteiger partial charge in [-0.05, 0) is 42.8 Å². The van der Waals surface area contributed by atoms with Crippen molar-refractivity contribution >= 4 is 33.3 Å². The van der Waals surface area contributed by atoms with E-state index in [4.69, 9.17) is 0 Å². The van der Waals surface area contributed by atoms with Gasteiger partial charge in [-0.25, -0.2) is 13.2 Å². The van der Waals surface area contributed by atoms with Gasteiger partial charge >= 0.3 is 6.03 Å². The van der Waals surface area contributed by atoms with Crippen LogP contribution in [0.15, 0.2) is 53.7 Å². The van der Waals surface area contributed by atoms with E-state index in [9.17, 15) is 18.0 Å². The summed E-state index contributed by atoms with van der Waals surface area (Å²) in [6, 6.07) is 9.99. The molecule has 0 aliphatic carbocycles. The van der Waals surface area contributed by atoms with Gasteiger partial charge in [0.25, 0.3) is 0 Å². The maximum absolute atomic E-state index is 12.7. The minimum atomic E-state index is -3.61. The predicted octanol–water partition coefficient (Wildman–Crippen LogP) is 1.75. The lowest BCUT2D eigenvalue weighted by Gasteiger charge is -2.33. The molecule has 0 saturated carbocycles. The molecule has 0 unspecified atom stereocenters. The first kappa shape index (κ1) is 20.3. The number of nitrogens with one attached hydrogen (secondary N) is 1. The lowest BCUT2D eigenvalue weighted by atomic mass is 10.2. The molecule has 1 aromatic carbocycles. The maximum Gasteiger partial charge on any atom is 0.321 e. The van der Waals surface area contributed by atoms with Gasteiger partial charge in [0.05, 0.1) is 0 Å². The normalized spacial score (nSPS) is 17.9. The lowest BCUT2D eigenvalue weighted by molar-refractivity contribution is -0.117. The fraction of sp³-hybridized carbons (Fsp3) is 0.350. The van der Waals surface area contributed by atoms with Gasteiger partial charge in [-0.3, -0.25) is 9.78 Å². The molecule has 4 rings (SSSR count). The zero-order valence-corrected chi connectivity index (χ0v) is 17.2. The molecule has 0 radical (unpaired) electrons. The number of hydrogen-bond donors (Lipinski definition) is 1. The van der Waals surface area contributed by atoms with E-state index in [1.165, 1.54) is 22.8 Å². The molecular weight excluding hydrogens is 406 g/mol. The van der Waals surface area contributed by atoms with Gasteiger partial charge in [-0.15, -0.1) is 0 Å². The van der Waals surface area contributed by atoms with E-state index < -0.39 is 10.0 Å². The molecule has 2 aromatic rings. The topological polar surface area (TPSA) is 103 Å². The Morgan fingerprint density at radius 1 is 1.00 bits per heavy atom. The summed E-state index contributed by atoms with van der Waals surface area (Å²) in [5.74, 6) is 0.117. The Labute approximate surface area is 175 Å². The van der Waals surface area contributed by atoms with Crippen LogP contribution >= 0.6 is 0 Å². The van der Waals surface area contributed by atoms with Crippen LogP contribution in [0.4, 0.5) is 16.2 Å². The van der Waals surface area contributed by atoms with Crippen LogP contribution in [-0.4, -0.2) is 67.3 Å². The summed E-state index contributed by atoms with van der Waals surface area (Å²) >= 11 is 0. The third kappa shape index (κ3) is 4.14. The van der Waals surface area contributed by atoms with E-state index in [0.717, 1.165) is 18.7 Å². The van der Waals surface area contributed by atoms with E-state index in [2.05, 4.69) is 10.3 Å². The molecular formula is C20H23N5O4S. The monoisotopic (exact) mass is 429 g/mol. The third-order valence-electron chi connectivity index (χ3n) is 5.30. The molecule has 0 atom stereocenters. The number of amides is 3. The molecule has 2 fully saturated rings. The summed E-state index contributed by atoms with van der Waals surface area (Å²) in [5.41, 5.74) is 1.45.